The first kappa shape index (κ1) is 11.8. The van der Waals surface area contributed by atoms with Crippen LogP contribution in [0.25, 0.3) is 0 Å². The molecule has 88 valence electrons. The summed E-state index contributed by atoms with van der Waals surface area (Å²) in [5.74, 6) is 3.82. The largest absolute Gasteiger partial charge is 0.508 e. The van der Waals surface area contributed by atoms with E-state index in [4.69, 9.17) is 5.73 Å². The van der Waals surface area contributed by atoms with E-state index in [2.05, 4.69) is 0 Å². The zero-order valence-corrected chi connectivity index (χ0v) is 10.2. The maximum atomic E-state index is 9.88. The molecular formula is C13H19NOS. The van der Waals surface area contributed by atoms with Crippen molar-refractivity contribution in [1.29, 1.82) is 0 Å². The predicted molar refractivity (Wildman–Crippen MR) is 70.0 cm³/mol. The molecule has 16 heavy (non-hydrogen) atoms. The molecule has 0 saturated carbocycles. The van der Waals surface area contributed by atoms with Crippen LogP contribution in [0.4, 0.5) is 0 Å². The molecule has 1 fully saturated rings. The molecule has 1 heterocycles. The third-order valence-corrected chi connectivity index (χ3v) is 4.47. The molecule has 1 saturated heterocycles. The number of hydrogen-bond donors (Lipinski definition) is 2. The zero-order chi connectivity index (χ0) is 11.4. The molecule has 1 atom stereocenters. The molecule has 3 N–H and O–H groups in total. The highest BCUT2D eigenvalue weighted by atomic mass is 32.2. The molecule has 0 radical (unpaired) electrons. The van der Waals surface area contributed by atoms with Gasteiger partial charge in [-0.2, -0.15) is 11.8 Å². The summed E-state index contributed by atoms with van der Waals surface area (Å²) in [6, 6.07) is 7.61. The Labute approximate surface area is 101 Å². The fourth-order valence-corrected chi connectivity index (χ4v) is 3.64. The normalized spacial score (nSPS) is 19.6. The van der Waals surface area contributed by atoms with Crippen LogP contribution in [0, 0.1) is 5.92 Å². The van der Waals surface area contributed by atoms with Gasteiger partial charge in [0.05, 0.1) is 0 Å². The standard InChI is InChI=1S/C13H19NOS/c14-9-12(10-5-7-16-8-6-10)11-3-1-2-4-13(11)15/h1-4,10,12,15H,5-9,14H2. The minimum Gasteiger partial charge on any atom is -0.508 e. The summed E-state index contributed by atoms with van der Waals surface area (Å²) < 4.78 is 0. The Hall–Kier alpha value is -0.670. The summed E-state index contributed by atoms with van der Waals surface area (Å²) in [6.45, 7) is 0.632. The lowest BCUT2D eigenvalue weighted by Gasteiger charge is -2.29. The van der Waals surface area contributed by atoms with E-state index in [0.29, 0.717) is 24.1 Å². The first-order chi connectivity index (χ1) is 7.83. The van der Waals surface area contributed by atoms with E-state index in [1.165, 1.54) is 24.3 Å². The molecule has 0 spiro atoms. The lowest BCUT2D eigenvalue weighted by molar-refractivity contribution is 0.383. The molecule has 0 bridgehead atoms. The van der Waals surface area contributed by atoms with Gasteiger partial charge >= 0.3 is 0 Å². The van der Waals surface area contributed by atoms with Crippen molar-refractivity contribution >= 4 is 11.8 Å². The smallest absolute Gasteiger partial charge is 0.119 e. The second kappa shape index (κ2) is 5.60. The van der Waals surface area contributed by atoms with E-state index in [-0.39, 0.29) is 0 Å². The molecule has 1 unspecified atom stereocenters. The molecule has 0 aliphatic carbocycles. The van der Waals surface area contributed by atoms with Gasteiger partial charge in [-0.25, -0.2) is 0 Å². The highest BCUT2D eigenvalue weighted by molar-refractivity contribution is 7.99. The molecule has 1 aliphatic rings. The first-order valence-electron chi connectivity index (χ1n) is 5.88. The van der Waals surface area contributed by atoms with Crippen LogP contribution in [0.15, 0.2) is 24.3 Å². The lowest BCUT2D eigenvalue weighted by Crippen LogP contribution is -2.25. The second-order valence-electron chi connectivity index (χ2n) is 4.35. The van der Waals surface area contributed by atoms with E-state index in [9.17, 15) is 5.11 Å². The van der Waals surface area contributed by atoms with Gasteiger partial charge < -0.3 is 10.8 Å². The molecule has 3 heteroatoms. The number of phenolic OH excluding ortho intramolecular Hbond substituents is 1. The second-order valence-corrected chi connectivity index (χ2v) is 5.58. The highest BCUT2D eigenvalue weighted by Gasteiger charge is 2.25. The average molecular weight is 237 g/mol. The van der Waals surface area contributed by atoms with Gasteiger partial charge in [-0.1, -0.05) is 18.2 Å². The van der Waals surface area contributed by atoms with Crippen molar-refractivity contribution in [2.75, 3.05) is 18.1 Å². The zero-order valence-electron chi connectivity index (χ0n) is 9.43. The Balaban J connectivity index is 2.18. The Morgan fingerprint density at radius 2 is 2.00 bits per heavy atom. The Bertz CT molecular complexity index is 336. The van der Waals surface area contributed by atoms with Crippen LogP contribution in [-0.2, 0) is 0 Å². The molecule has 0 amide bonds. The number of rotatable bonds is 3. The lowest BCUT2D eigenvalue weighted by atomic mass is 9.82. The number of para-hydroxylation sites is 1. The van der Waals surface area contributed by atoms with Gasteiger partial charge in [0.15, 0.2) is 0 Å². The quantitative estimate of drug-likeness (QED) is 0.849. The van der Waals surface area contributed by atoms with Crippen molar-refractivity contribution in [3.05, 3.63) is 29.8 Å². The Morgan fingerprint density at radius 1 is 1.31 bits per heavy atom. The SMILES string of the molecule is NCC(c1ccccc1O)C1CCSCC1. The van der Waals surface area contributed by atoms with Gasteiger partial charge in [-0.3, -0.25) is 0 Å². The number of aromatic hydroxyl groups is 1. The summed E-state index contributed by atoms with van der Waals surface area (Å²) >= 11 is 2.02. The summed E-state index contributed by atoms with van der Waals surface area (Å²) in [4.78, 5) is 0. The van der Waals surface area contributed by atoms with Crippen LogP contribution in [-0.4, -0.2) is 23.2 Å². The van der Waals surface area contributed by atoms with Gasteiger partial charge in [-0.15, -0.1) is 0 Å². The minimum absolute atomic E-state index is 0.321. The summed E-state index contributed by atoms with van der Waals surface area (Å²) in [6.07, 6.45) is 2.45. The van der Waals surface area contributed by atoms with Crippen molar-refractivity contribution < 1.29 is 5.11 Å². The first-order valence-corrected chi connectivity index (χ1v) is 7.04. The van der Waals surface area contributed by atoms with Crippen molar-refractivity contribution in [2.24, 2.45) is 11.7 Å². The molecular weight excluding hydrogens is 218 g/mol. The monoisotopic (exact) mass is 237 g/mol. The molecule has 2 rings (SSSR count). The van der Waals surface area contributed by atoms with E-state index < -0.39 is 0 Å². The van der Waals surface area contributed by atoms with Gasteiger partial charge in [0, 0.05) is 5.92 Å². The van der Waals surface area contributed by atoms with E-state index in [0.717, 1.165) is 5.56 Å². The Morgan fingerprint density at radius 3 is 2.62 bits per heavy atom. The number of nitrogens with two attached hydrogens (primary N) is 1. The van der Waals surface area contributed by atoms with Crippen LogP contribution >= 0.6 is 11.8 Å². The van der Waals surface area contributed by atoms with Crippen molar-refractivity contribution in [2.45, 2.75) is 18.8 Å². The van der Waals surface area contributed by atoms with Gasteiger partial charge in [0.25, 0.3) is 0 Å². The van der Waals surface area contributed by atoms with Crippen molar-refractivity contribution in [1.82, 2.24) is 0 Å². The molecule has 1 aromatic rings. The van der Waals surface area contributed by atoms with E-state index >= 15 is 0 Å². The third-order valence-electron chi connectivity index (χ3n) is 3.43. The summed E-state index contributed by atoms with van der Waals surface area (Å²) in [7, 11) is 0. The number of phenols is 1. The fraction of sp³-hybridized carbons (Fsp3) is 0.538. The summed E-state index contributed by atoms with van der Waals surface area (Å²) in [5.41, 5.74) is 6.92. The van der Waals surface area contributed by atoms with Crippen LogP contribution in [0.3, 0.4) is 0 Å². The maximum absolute atomic E-state index is 9.88. The van der Waals surface area contributed by atoms with E-state index in [1.54, 1.807) is 6.07 Å². The highest BCUT2D eigenvalue weighted by Crippen LogP contribution is 2.37. The van der Waals surface area contributed by atoms with Crippen LogP contribution in [0.1, 0.15) is 24.3 Å². The Kier molecular flexibility index (Phi) is 4.13. The van der Waals surface area contributed by atoms with Gasteiger partial charge in [-0.05, 0) is 48.4 Å². The maximum Gasteiger partial charge on any atom is 0.119 e. The van der Waals surface area contributed by atoms with Crippen molar-refractivity contribution in [3.63, 3.8) is 0 Å². The minimum atomic E-state index is 0.321. The van der Waals surface area contributed by atoms with E-state index in [1.807, 2.05) is 30.0 Å². The van der Waals surface area contributed by atoms with Crippen LogP contribution in [0.5, 0.6) is 5.75 Å². The predicted octanol–water partition coefficient (Wildman–Crippen LogP) is 2.58. The summed E-state index contributed by atoms with van der Waals surface area (Å²) in [5, 5.41) is 9.88. The molecule has 1 aliphatic heterocycles. The molecule has 1 aromatic carbocycles. The van der Waals surface area contributed by atoms with Gasteiger partial charge in [0.1, 0.15) is 5.75 Å². The van der Waals surface area contributed by atoms with Crippen LogP contribution < -0.4 is 5.73 Å². The van der Waals surface area contributed by atoms with Gasteiger partial charge in [0.2, 0.25) is 0 Å². The fourth-order valence-electron chi connectivity index (χ4n) is 2.49. The molecule has 2 nitrogen and oxygen atoms in total. The number of hydrogen-bond acceptors (Lipinski definition) is 3. The van der Waals surface area contributed by atoms with Crippen molar-refractivity contribution in [3.8, 4) is 5.75 Å². The van der Waals surface area contributed by atoms with Crippen LogP contribution in [0.2, 0.25) is 0 Å². The third kappa shape index (κ3) is 2.53. The molecule has 0 aromatic heterocycles. The average Bonchev–Trinajstić information content (AvgIpc) is 2.34. The number of benzene rings is 1. The number of thioether (sulfide) groups is 1. The topological polar surface area (TPSA) is 46.2 Å².